The van der Waals surface area contributed by atoms with Crippen LogP contribution < -0.4 is 0 Å². The molecular weight excluding hydrogens is 338 g/mol. The number of ether oxygens (including phenoxy) is 1. The molecule has 3 rings (SSSR count). The summed E-state index contributed by atoms with van der Waals surface area (Å²) in [6.45, 7) is 1.82. The van der Waals surface area contributed by atoms with Gasteiger partial charge in [0.15, 0.2) is 0 Å². The molecule has 0 saturated heterocycles. The molecule has 2 aromatic heterocycles. The van der Waals surface area contributed by atoms with Gasteiger partial charge in [-0.05, 0) is 37.0 Å². The zero-order chi connectivity index (χ0) is 17.6. The normalized spacial score (nSPS) is 17.3. The number of likely N-dealkylation sites (N-methyl/N-ethyl adjacent to an activating group) is 1. The maximum atomic E-state index is 12.8. The summed E-state index contributed by atoms with van der Waals surface area (Å²) in [5.74, 6) is 0.749. The molecule has 1 atom stereocenters. The first-order valence-electron chi connectivity index (χ1n) is 8.33. The van der Waals surface area contributed by atoms with Crippen molar-refractivity contribution >= 4 is 23.0 Å². The van der Waals surface area contributed by atoms with Crippen LogP contribution in [0.2, 0.25) is 0 Å². The van der Waals surface area contributed by atoms with Crippen molar-refractivity contribution in [2.45, 2.75) is 18.9 Å². The van der Waals surface area contributed by atoms with E-state index in [0.717, 1.165) is 29.3 Å². The molecule has 2 aromatic rings. The minimum atomic E-state index is -0.174. The van der Waals surface area contributed by atoms with Crippen molar-refractivity contribution in [3.63, 3.8) is 0 Å². The second kappa shape index (κ2) is 8.42. The highest BCUT2D eigenvalue weighted by Crippen LogP contribution is 2.34. The highest BCUT2D eigenvalue weighted by atomic mass is 32.1. The number of thiophene rings is 1. The Morgan fingerprint density at radius 3 is 3.04 bits per heavy atom. The summed E-state index contributed by atoms with van der Waals surface area (Å²) in [5.41, 5.74) is 0.937. The molecule has 25 heavy (non-hydrogen) atoms. The number of amides is 1. The van der Waals surface area contributed by atoms with Gasteiger partial charge in [0, 0.05) is 26.7 Å². The van der Waals surface area contributed by atoms with E-state index in [4.69, 9.17) is 9.15 Å². The molecule has 6 nitrogen and oxygen atoms in total. The Morgan fingerprint density at radius 2 is 2.36 bits per heavy atom. The number of methoxy groups -OCH3 is 1. The molecule has 0 aliphatic carbocycles. The smallest absolute Gasteiger partial charge is 0.257 e. The van der Waals surface area contributed by atoms with Crippen LogP contribution in [0, 0.1) is 0 Å². The van der Waals surface area contributed by atoms with E-state index in [9.17, 15) is 4.79 Å². The maximum Gasteiger partial charge on any atom is 0.257 e. The Kier molecular flexibility index (Phi) is 6.01. The molecule has 3 heterocycles. The Morgan fingerprint density at radius 1 is 1.48 bits per heavy atom. The van der Waals surface area contributed by atoms with E-state index in [1.165, 1.54) is 0 Å². The topological polar surface area (TPSA) is 58.3 Å². The van der Waals surface area contributed by atoms with Gasteiger partial charge in [-0.1, -0.05) is 6.07 Å². The van der Waals surface area contributed by atoms with E-state index in [2.05, 4.69) is 5.10 Å². The lowest BCUT2D eigenvalue weighted by atomic mass is 10.1. The molecule has 7 heteroatoms. The van der Waals surface area contributed by atoms with Gasteiger partial charge >= 0.3 is 0 Å². The predicted molar refractivity (Wildman–Crippen MR) is 97.8 cm³/mol. The predicted octanol–water partition coefficient (Wildman–Crippen LogP) is 2.99. The van der Waals surface area contributed by atoms with Crippen molar-refractivity contribution in [2.24, 2.45) is 5.10 Å². The Labute approximate surface area is 151 Å². The third-order valence-corrected chi connectivity index (χ3v) is 5.06. The van der Waals surface area contributed by atoms with Crippen LogP contribution in [0.25, 0.3) is 0 Å². The molecule has 0 aromatic carbocycles. The maximum absolute atomic E-state index is 12.8. The second-order valence-corrected chi connectivity index (χ2v) is 7.03. The zero-order valence-electron chi connectivity index (χ0n) is 14.6. The Hall–Kier alpha value is -1.96. The standard InChI is InChI=1S/C18H23N3O3S/c1-20(8-5-9-23-2)13-18(22)21-15(16-6-3-10-24-16)12-14(19-21)17-7-4-11-25-17/h3-4,6-7,10-11,15H,5,8-9,12-13H2,1-2H3. The fourth-order valence-electron chi connectivity index (χ4n) is 2.90. The Balaban J connectivity index is 1.71. The van der Waals surface area contributed by atoms with E-state index in [1.54, 1.807) is 29.7 Å². The van der Waals surface area contributed by atoms with Crippen LogP contribution in [0.15, 0.2) is 45.4 Å². The number of rotatable bonds is 8. The van der Waals surface area contributed by atoms with E-state index in [0.29, 0.717) is 19.6 Å². The molecule has 0 N–H and O–H groups in total. The van der Waals surface area contributed by atoms with E-state index >= 15 is 0 Å². The number of nitrogens with zero attached hydrogens (tertiary/aromatic N) is 3. The molecule has 1 amide bonds. The van der Waals surface area contributed by atoms with E-state index in [-0.39, 0.29) is 11.9 Å². The lowest BCUT2D eigenvalue weighted by Gasteiger charge is -2.23. The van der Waals surface area contributed by atoms with Crippen molar-refractivity contribution in [1.29, 1.82) is 0 Å². The van der Waals surface area contributed by atoms with Gasteiger partial charge in [-0.2, -0.15) is 5.10 Å². The lowest BCUT2D eigenvalue weighted by Crippen LogP contribution is -2.37. The number of carbonyl (C=O) groups excluding carboxylic acids is 1. The van der Waals surface area contributed by atoms with Crippen LogP contribution in [0.1, 0.15) is 29.5 Å². The Bertz CT molecular complexity index is 697. The number of furan rings is 1. The fourth-order valence-corrected chi connectivity index (χ4v) is 3.62. The van der Waals surface area contributed by atoms with Crippen molar-refractivity contribution in [1.82, 2.24) is 9.91 Å². The highest BCUT2D eigenvalue weighted by Gasteiger charge is 2.35. The van der Waals surface area contributed by atoms with Crippen molar-refractivity contribution < 1.29 is 13.9 Å². The number of hydrazone groups is 1. The van der Waals surface area contributed by atoms with Gasteiger partial charge in [-0.15, -0.1) is 11.3 Å². The molecular formula is C18H23N3O3S. The van der Waals surface area contributed by atoms with Gasteiger partial charge in [0.25, 0.3) is 5.91 Å². The molecule has 0 saturated carbocycles. The summed E-state index contributed by atoms with van der Waals surface area (Å²) in [6, 6.07) is 7.61. The summed E-state index contributed by atoms with van der Waals surface area (Å²) < 4.78 is 10.6. The second-order valence-electron chi connectivity index (χ2n) is 6.08. The van der Waals surface area contributed by atoms with Gasteiger partial charge < -0.3 is 9.15 Å². The van der Waals surface area contributed by atoms with Gasteiger partial charge in [-0.25, -0.2) is 5.01 Å². The van der Waals surface area contributed by atoms with Gasteiger partial charge in [-0.3, -0.25) is 9.69 Å². The first kappa shape index (κ1) is 17.8. The van der Waals surface area contributed by atoms with Gasteiger partial charge in [0.05, 0.1) is 23.4 Å². The minimum Gasteiger partial charge on any atom is -0.467 e. The molecule has 0 fully saturated rings. The van der Waals surface area contributed by atoms with Crippen LogP contribution in [0.4, 0.5) is 0 Å². The van der Waals surface area contributed by atoms with Crippen molar-refractivity contribution in [3.05, 3.63) is 46.5 Å². The molecule has 0 bridgehead atoms. The monoisotopic (exact) mass is 361 g/mol. The minimum absolute atomic E-state index is 0.0205. The largest absolute Gasteiger partial charge is 0.467 e. The number of hydrogen-bond donors (Lipinski definition) is 0. The third kappa shape index (κ3) is 4.36. The SMILES string of the molecule is COCCCN(C)CC(=O)N1N=C(c2cccs2)CC1c1ccco1. The van der Waals surface area contributed by atoms with Crippen LogP contribution in [0.3, 0.4) is 0 Å². The summed E-state index contributed by atoms with van der Waals surface area (Å²) in [5, 5.41) is 8.22. The van der Waals surface area contributed by atoms with Gasteiger partial charge in [0.1, 0.15) is 11.8 Å². The lowest BCUT2D eigenvalue weighted by molar-refractivity contribution is -0.134. The van der Waals surface area contributed by atoms with E-state index in [1.807, 2.05) is 41.6 Å². The first-order valence-corrected chi connectivity index (χ1v) is 9.21. The average Bonchev–Trinajstić information content (AvgIpc) is 3.33. The number of carbonyl (C=O) groups is 1. The van der Waals surface area contributed by atoms with Crippen LogP contribution in [-0.4, -0.2) is 55.4 Å². The average molecular weight is 361 g/mol. The quantitative estimate of drug-likeness (QED) is 0.678. The van der Waals surface area contributed by atoms with E-state index < -0.39 is 0 Å². The van der Waals surface area contributed by atoms with Crippen LogP contribution in [-0.2, 0) is 9.53 Å². The molecule has 134 valence electrons. The molecule has 0 radical (unpaired) electrons. The molecule has 1 unspecified atom stereocenters. The van der Waals surface area contributed by atoms with Crippen LogP contribution in [0.5, 0.6) is 0 Å². The first-order chi connectivity index (χ1) is 12.2. The molecule has 1 aliphatic heterocycles. The van der Waals surface area contributed by atoms with Crippen LogP contribution >= 0.6 is 11.3 Å². The van der Waals surface area contributed by atoms with Gasteiger partial charge in [0.2, 0.25) is 0 Å². The summed E-state index contributed by atoms with van der Waals surface area (Å²) in [4.78, 5) is 15.9. The highest BCUT2D eigenvalue weighted by molar-refractivity contribution is 7.12. The van der Waals surface area contributed by atoms with Crippen molar-refractivity contribution in [3.8, 4) is 0 Å². The summed E-state index contributed by atoms with van der Waals surface area (Å²) >= 11 is 1.64. The third-order valence-electron chi connectivity index (χ3n) is 4.14. The molecule has 0 spiro atoms. The zero-order valence-corrected chi connectivity index (χ0v) is 15.4. The summed E-state index contributed by atoms with van der Waals surface area (Å²) in [7, 11) is 3.62. The fraction of sp³-hybridized carbons (Fsp3) is 0.444. The summed E-state index contributed by atoms with van der Waals surface area (Å²) in [6.07, 6.45) is 3.21. The number of hydrogen-bond acceptors (Lipinski definition) is 6. The van der Waals surface area contributed by atoms with Crippen molar-refractivity contribution in [2.75, 3.05) is 33.9 Å². The molecule has 1 aliphatic rings.